The highest BCUT2D eigenvalue weighted by Gasteiger charge is 2.47. The number of halogens is 3. The molecule has 0 saturated carbocycles. The highest BCUT2D eigenvalue weighted by Crippen LogP contribution is 2.38. The number of alkyl halides is 3. The van der Waals surface area contributed by atoms with Crippen LogP contribution in [0.3, 0.4) is 0 Å². The zero-order chi connectivity index (χ0) is 20.9. The fraction of sp³-hybridized carbons (Fsp3) is 0.706. The number of carboxylic acids is 1. The van der Waals surface area contributed by atoms with Crippen molar-refractivity contribution in [1.82, 2.24) is 14.8 Å². The van der Waals surface area contributed by atoms with Gasteiger partial charge in [-0.25, -0.2) is 9.78 Å². The van der Waals surface area contributed by atoms with E-state index in [1.54, 1.807) is 18.4 Å². The Hall–Kier alpha value is -1.72. The average Bonchev–Trinajstić information content (AvgIpc) is 3.06. The predicted octanol–water partition coefficient (Wildman–Crippen LogP) is 2.41. The monoisotopic (exact) mass is 423 g/mol. The number of hydrogen-bond donors (Lipinski definition) is 1. The Morgan fingerprint density at radius 2 is 2.04 bits per heavy atom. The Balaban J connectivity index is 0.000000345. The molecule has 1 unspecified atom stereocenters. The van der Waals surface area contributed by atoms with Gasteiger partial charge in [-0.2, -0.15) is 13.2 Å². The molecule has 1 spiro atoms. The minimum absolute atomic E-state index is 0.0945. The first kappa shape index (κ1) is 22.6. The number of hydrogen-bond acceptors (Lipinski definition) is 6. The van der Waals surface area contributed by atoms with E-state index in [1.807, 2.05) is 17.2 Å². The van der Waals surface area contributed by atoms with E-state index in [0.29, 0.717) is 5.69 Å². The SMILES string of the molecule is COCCN1CCC12CCCN(C(=O)c1csc(C)n1)C2.O=C(O)C(F)(F)F. The van der Waals surface area contributed by atoms with Crippen molar-refractivity contribution >= 4 is 23.2 Å². The summed E-state index contributed by atoms with van der Waals surface area (Å²) in [4.78, 5) is 30.3. The lowest BCUT2D eigenvalue weighted by Crippen LogP contribution is -2.67. The van der Waals surface area contributed by atoms with Gasteiger partial charge >= 0.3 is 12.1 Å². The number of amides is 1. The summed E-state index contributed by atoms with van der Waals surface area (Å²) in [7, 11) is 1.74. The number of carbonyl (C=O) groups excluding carboxylic acids is 1. The van der Waals surface area contributed by atoms with E-state index < -0.39 is 12.1 Å². The molecule has 28 heavy (non-hydrogen) atoms. The van der Waals surface area contributed by atoms with Crippen LogP contribution >= 0.6 is 11.3 Å². The molecule has 2 saturated heterocycles. The second-order valence-electron chi connectivity index (χ2n) is 6.84. The normalized spacial score (nSPS) is 22.4. The molecule has 1 amide bonds. The van der Waals surface area contributed by atoms with Crippen molar-refractivity contribution in [1.29, 1.82) is 0 Å². The van der Waals surface area contributed by atoms with Crippen LogP contribution in [0.2, 0.25) is 0 Å². The lowest BCUT2D eigenvalue weighted by molar-refractivity contribution is -0.192. The first-order valence-electron chi connectivity index (χ1n) is 8.84. The maximum Gasteiger partial charge on any atom is 0.490 e. The van der Waals surface area contributed by atoms with Crippen LogP contribution in [0.25, 0.3) is 0 Å². The summed E-state index contributed by atoms with van der Waals surface area (Å²) in [6.07, 6.45) is -1.62. The van der Waals surface area contributed by atoms with Crippen molar-refractivity contribution in [2.24, 2.45) is 0 Å². The number of carboxylic acid groups (broad SMARTS) is 1. The third kappa shape index (κ3) is 5.42. The molecule has 11 heteroatoms. The van der Waals surface area contributed by atoms with Gasteiger partial charge in [0, 0.05) is 44.2 Å². The van der Waals surface area contributed by atoms with E-state index in [4.69, 9.17) is 14.6 Å². The van der Waals surface area contributed by atoms with Gasteiger partial charge < -0.3 is 14.7 Å². The number of thiazole rings is 1. The summed E-state index contributed by atoms with van der Waals surface area (Å²) in [6, 6.07) is 0. The summed E-state index contributed by atoms with van der Waals surface area (Å²) >= 11 is 1.54. The summed E-state index contributed by atoms with van der Waals surface area (Å²) in [5, 5.41) is 9.96. The lowest BCUT2D eigenvalue weighted by Gasteiger charge is -2.57. The van der Waals surface area contributed by atoms with Gasteiger partial charge in [0.05, 0.1) is 11.6 Å². The van der Waals surface area contributed by atoms with E-state index >= 15 is 0 Å². The molecular formula is C17H24F3N3O4S. The van der Waals surface area contributed by atoms with E-state index in [0.717, 1.165) is 44.2 Å². The van der Waals surface area contributed by atoms with Crippen LogP contribution in [0.5, 0.6) is 0 Å². The smallest absolute Gasteiger partial charge is 0.475 e. The molecule has 2 aliphatic heterocycles. The third-order valence-corrected chi connectivity index (χ3v) is 5.78. The number of aryl methyl sites for hydroxylation is 1. The number of piperidine rings is 1. The lowest BCUT2D eigenvalue weighted by atomic mass is 9.77. The first-order valence-corrected chi connectivity index (χ1v) is 9.72. The summed E-state index contributed by atoms with van der Waals surface area (Å²) < 4.78 is 36.9. The van der Waals surface area contributed by atoms with Crippen molar-refractivity contribution in [2.45, 2.75) is 37.9 Å². The Kier molecular flexibility index (Phi) is 7.40. The highest BCUT2D eigenvalue weighted by molar-refractivity contribution is 7.09. The van der Waals surface area contributed by atoms with Gasteiger partial charge in [0.25, 0.3) is 5.91 Å². The van der Waals surface area contributed by atoms with Gasteiger partial charge in [-0.05, 0) is 26.2 Å². The van der Waals surface area contributed by atoms with Crippen LogP contribution in [0.4, 0.5) is 13.2 Å². The summed E-state index contributed by atoms with van der Waals surface area (Å²) in [5.41, 5.74) is 0.801. The van der Waals surface area contributed by atoms with E-state index in [2.05, 4.69) is 9.88 Å². The van der Waals surface area contributed by atoms with E-state index in [1.165, 1.54) is 12.8 Å². The molecule has 2 aliphatic rings. The number of aromatic nitrogens is 1. The van der Waals surface area contributed by atoms with Gasteiger partial charge in [-0.3, -0.25) is 9.69 Å². The van der Waals surface area contributed by atoms with Gasteiger partial charge in [0.15, 0.2) is 0 Å². The molecule has 1 aromatic heterocycles. The quantitative estimate of drug-likeness (QED) is 0.801. The second kappa shape index (κ2) is 9.19. The molecule has 1 aromatic rings. The fourth-order valence-corrected chi connectivity index (χ4v) is 4.09. The van der Waals surface area contributed by atoms with Gasteiger partial charge in [-0.15, -0.1) is 11.3 Å². The molecule has 7 nitrogen and oxygen atoms in total. The number of carbonyl (C=O) groups is 2. The van der Waals surface area contributed by atoms with Crippen LogP contribution in [-0.2, 0) is 9.53 Å². The molecule has 3 rings (SSSR count). The van der Waals surface area contributed by atoms with Crippen LogP contribution in [0.1, 0.15) is 34.8 Å². The summed E-state index contributed by atoms with van der Waals surface area (Å²) in [5.74, 6) is -2.66. The van der Waals surface area contributed by atoms with E-state index in [9.17, 15) is 18.0 Å². The number of rotatable bonds is 4. The van der Waals surface area contributed by atoms with Crippen molar-refractivity contribution in [3.8, 4) is 0 Å². The van der Waals surface area contributed by atoms with Crippen molar-refractivity contribution in [3.05, 3.63) is 16.1 Å². The first-order chi connectivity index (χ1) is 13.1. The van der Waals surface area contributed by atoms with Gasteiger partial charge in [-0.1, -0.05) is 0 Å². The molecule has 158 valence electrons. The van der Waals surface area contributed by atoms with Crippen molar-refractivity contribution in [2.75, 3.05) is 39.9 Å². The minimum atomic E-state index is -5.08. The molecular weight excluding hydrogens is 399 g/mol. The molecule has 0 aromatic carbocycles. The van der Waals surface area contributed by atoms with Gasteiger partial charge in [0.1, 0.15) is 5.69 Å². The molecule has 0 radical (unpaired) electrons. The molecule has 3 heterocycles. The second-order valence-corrected chi connectivity index (χ2v) is 7.90. The maximum atomic E-state index is 12.6. The topological polar surface area (TPSA) is 83.0 Å². The summed E-state index contributed by atoms with van der Waals surface area (Å²) in [6.45, 7) is 6.50. The standard InChI is InChI=1S/C15H23N3O2S.C2HF3O2/c1-12-16-13(10-21-12)14(19)17-6-3-4-15(11-17)5-7-18(15)8-9-20-2;3-2(4,5)1(6)7/h10H,3-9,11H2,1-2H3;(H,6,7). The van der Waals surface area contributed by atoms with Gasteiger partial charge in [0.2, 0.25) is 0 Å². The molecule has 0 aliphatic carbocycles. The fourth-order valence-electron chi connectivity index (χ4n) is 3.51. The third-order valence-electron chi connectivity index (χ3n) is 5.01. The molecule has 1 N–H and O–H groups in total. The Morgan fingerprint density at radius 1 is 1.36 bits per heavy atom. The predicted molar refractivity (Wildman–Crippen MR) is 96.5 cm³/mol. The molecule has 1 atom stereocenters. The zero-order valence-corrected chi connectivity index (χ0v) is 16.6. The maximum absolute atomic E-state index is 12.6. The van der Waals surface area contributed by atoms with E-state index in [-0.39, 0.29) is 11.4 Å². The number of nitrogens with zero attached hydrogens (tertiary/aromatic N) is 3. The minimum Gasteiger partial charge on any atom is -0.475 e. The van der Waals surface area contributed by atoms with Crippen LogP contribution in [0.15, 0.2) is 5.38 Å². The molecule has 0 bridgehead atoms. The zero-order valence-electron chi connectivity index (χ0n) is 15.8. The Bertz CT molecular complexity index is 697. The Morgan fingerprint density at radius 3 is 2.50 bits per heavy atom. The van der Waals surface area contributed by atoms with Crippen molar-refractivity contribution in [3.63, 3.8) is 0 Å². The highest BCUT2D eigenvalue weighted by atomic mass is 32.1. The number of ether oxygens (including phenoxy) is 1. The van der Waals surface area contributed by atoms with Crippen molar-refractivity contribution < 1.29 is 32.6 Å². The average molecular weight is 423 g/mol. The number of aliphatic carboxylic acids is 1. The number of likely N-dealkylation sites (tertiary alicyclic amines) is 2. The van der Waals surface area contributed by atoms with Crippen LogP contribution in [0, 0.1) is 6.92 Å². The van der Waals surface area contributed by atoms with Crippen LogP contribution < -0.4 is 0 Å². The largest absolute Gasteiger partial charge is 0.490 e. The Labute approximate surface area is 165 Å². The molecule has 2 fully saturated rings. The number of methoxy groups -OCH3 is 1. The van der Waals surface area contributed by atoms with Crippen LogP contribution in [-0.4, -0.2) is 83.4 Å².